The lowest BCUT2D eigenvalue weighted by atomic mass is 10.0. The first-order valence-electron chi connectivity index (χ1n) is 12.4. The van der Waals surface area contributed by atoms with Gasteiger partial charge < -0.3 is 9.32 Å². The molecule has 0 aliphatic carbocycles. The summed E-state index contributed by atoms with van der Waals surface area (Å²) >= 11 is 1.86. The molecule has 2 heterocycles. The van der Waals surface area contributed by atoms with Gasteiger partial charge in [-0.1, -0.05) is 72.8 Å². The topological polar surface area (TPSA) is 16.4 Å². The predicted molar refractivity (Wildman–Crippen MR) is 159 cm³/mol. The van der Waals surface area contributed by atoms with Crippen molar-refractivity contribution in [1.82, 2.24) is 0 Å². The lowest BCUT2D eigenvalue weighted by Crippen LogP contribution is -2.09. The highest BCUT2D eigenvalue weighted by Crippen LogP contribution is 2.45. The maximum atomic E-state index is 6.14. The van der Waals surface area contributed by atoms with Crippen LogP contribution in [0.5, 0.6) is 0 Å². The van der Waals surface area contributed by atoms with E-state index in [-0.39, 0.29) is 0 Å². The van der Waals surface area contributed by atoms with Crippen molar-refractivity contribution in [2.45, 2.75) is 0 Å². The van der Waals surface area contributed by atoms with Crippen LogP contribution in [-0.2, 0) is 0 Å². The Balaban J connectivity index is 1.39. The maximum Gasteiger partial charge on any atom is 0.136 e. The average Bonchev–Trinajstić information content (AvgIpc) is 3.51. The summed E-state index contributed by atoms with van der Waals surface area (Å²) in [5, 5.41) is 7.28. The van der Waals surface area contributed by atoms with E-state index in [1.54, 1.807) is 0 Å². The van der Waals surface area contributed by atoms with Crippen LogP contribution in [0.2, 0.25) is 0 Å². The first-order valence-corrected chi connectivity index (χ1v) is 13.3. The van der Waals surface area contributed by atoms with E-state index in [9.17, 15) is 0 Å². The van der Waals surface area contributed by atoms with Gasteiger partial charge in [0.1, 0.15) is 11.2 Å². The number of benzene rings is 6. The standard InChI is InChI=1S/C34H21NOS/c1-2-9-24(10-3-1)35(30-14-8-13-28-27-12-5-7-16-33(27)37-34(28)30)25-18-17-22-21-32-29(20-23(22)19-25)26-11-4-6-15-31(26)36-32/h1-21H. The Hall–Kier alpha value is -4.60. The van der Waals surface area contributed by atoms with Crippen LogP contribution >= 0.6 is 11.3 Å². The second-order valence-corrected chi connectivity index (χ2v) is 10.5. The van der Waals surface area contributed by atoms with E-state index < -0.39 is 0 Å². The molecule has 6 aromatic carbocycles. The third-order valence-electron chi connectivity index (χ3n) is 7.22. The van der Waals surface area contributed by atoms with Crippen molar-refractivity contribution < 1.29 is 4.42 Å². The molecular weight excluding hydrogens is 470 g/mol. The molecule has 2 aromatic heterocycles. The smallest absolute Gasteiger partial charge is 0.136 e. The number of hydrogen-bond acceptors (Lipinski definition) is 3. The van der Waals surface area contributed by atoms with E-state index >= 15 is 0 Å². The van der Waals surface area contributed by atoms with Gasteiger partial charge in [-0.2, -0.15) is 0 Å². The molecule has 0 unspecified atom stereocenters. The summed E-state index contributed by atoms with van der Waals surface area (Å²) < 4.78 is 8.75. The lowest BCUT2D eigenvalue weighted by molar-refractivity contribution is 0.669. The Morgan fingerprint density at radius 3 is 2.19 bits per heavy atom. The molecule has 2 nitrogen and oxygen atoms in total. The van der Waals surface area contributed by atoms with Crippen LogP contribution in [-0.4, -0.2) is 0 Å². The number of hydrogen-bond donors (Lipinski definition) is 0. The second-order valence-electron chi connectivity index (χ2n) is 9.40. The van der Waals surface area contributed by atoms with Crippen molar-refractivity contribution in [3.63, 3.8) is 0 Å². The molecule has 174 valence electrons. The fourth-order valence-corrected chi connectivity index (χ4v) is 6.71. The average molecular weight is 492 g/mol. The number of para-hydroxylation sites is 2. The van der Waals surface area contributed by atoms with Gasteiger partial charge >= 0.3 is 0 Å². The van der Waals surface area contributed by atoms with Gasteiger partial charge in [0.2, 0.25) is 0 Å². The van der Waals surface area contributed by atoms with Gasteiger partial charge in [-0.15, -0.1) is 11.3 Å². The largest absolute Gasteiger partial charge is 0.456 e. The molecule has 0 N–H and O–H groups in total. The number of fused-ring (bicyclic) bond motifs is 7. The van der Waals surface area contributed by atoms with Crippen LogP contribution in [0.3, 0.4) is 0 Å². The van der Waals surface area contributed by atoms with Crippen molar-refractivity contribution in [3.8, 4) is 0 Å². The zero-order chi connectivity index (χ0) is 24.3. The van der Waals surface area contributed by atoms with E-state index in [2.05, 4.69) is 120 Å². The molecule has 0 aliphatic rings. The first-order chi connectivity index (χ1) is 18.3. The van der Waals surface area contributed by atoms with E-state index in [4.69, 9.17) is 4.42 Å². The van der Waals surface area contributed by atoms with Gasteiger partial charge in [0, 0.05) is 37.6 Å². The van der Waals surface area contributed by atoms with E-state index in [1.165, 1.54) is 36.6 Å². The molecule has 0 saturated heterocycles. The number of furan rings is 1. The highest BCUT2D eigenvalue weighted by Gasteiger charge is 2.18. The van der Waals surface area contributed by atoms with Crippen LogP contribution in [0.25, 0.3) is 52.9 Å². The molecule has 0 spiro atoms. The molecule has 37 heavy (non-hydrogen) atoms. The summed E-state index contributed by atoms with van der Waals surface area (Å²) in [5.41, 5.74) is 5.32. The van der Waals surface area contributed by atoms with Gasteiger partial charge in [-0.25, -0.2) is 0 Å². The zero-order valence-electron chi connectivity index (χ0n) is 19.9. The molecule has 0 radical (unpaired) electrons. The monoisotopic (exact) mass is 491 g/mol. The Kier molecular flexibility index (Phi) is 4.42. The quantitative estimate of drug-likeness (QED) is 0.244. The normalized spacial score (nSPS) is 11.8. The molecular formula is C34H21NOS. The molecule has 0 bridgehead atoms. The van der Waals surface area contributed by atoms with Crippen LogP contribution in [0.15, 0.2) is 132 Å². The van der Waals surface area contributed by atoms with E-state index in [0.29, 0.717) is 0 Å². The van der Waals surface area contributed by atoms with Crippen molar-refractivity contribution in [2.24, 2.45) is 0 Å². The minimum Gasteiger partial charge on any atom is -0.456 e. The number of nitrogens with zero attached hydrogens (tertiary/aromatic N) is 1. The van der Waals surface area contributed by atoms with Crippen LogP contribution in [0.4, 0.5) is 17.1 Å². The third kappa shape index (κ3) is 3.18. The summed E-state index contributed by atoms with van der Waals surface area (Å²) in [4.78, 5) is 2.38. The minimum atomic E-state index is 0.926. The van der Waals surface area contributed by atoms with Crippen LogP contribution in [0, 0.1) is 0 Å². The molecule has 8 rings (SSSR count). The van der Waals surface area contributed by atoms with Gasteiger partial charge in [-0.3, -0.25) is 0 Å². The number of thiophene rings is 1. The Labute approximate surface area is 217 Å². The Bertz CT molecular complexity index is 2100. The predicted octanol–water partition coefficient (Wildman–Crippen LogP) is 10.6. The van der Waals surface area contributed by atoms with E-state index in [0.717, 1.165) is 33.3 Å². The molecule has 0 saturated carbocycles. The number of rotatable bonds is 3. The minimum absolute atomic E-state index is 0.926. The summed E-state index contributed by atoms with van der Waals surface area (Å²) in [5.74, 6) is 0. The third-order valence-corrected chi connectivity index (χ3v) is 8.43. The van der Waals surface area contributed by atoms with Gasteiger partial charge in [0.25, 0.3) is 0 Å². The SMILES string of the molecule is c1ccc(N(c2ccc3cc4oc5ccccc5c4cc3c2)c2cccc3c2sc2ccccc23)cc1. The molecule has 8 aromatic rings. The summed E-state index contributed by atoms with van der Waals surface area (Å²) in [6, 6.07) is 45.4. The van der Waals surface area contributed by atoms with Crippen molar-refractivity contribution >= 4 is 81.3 Å². The fourth-order valence-electron chi connectivity index (χ4n) is 5.51. The molecule has 3 heteroatoms. The molecule has 0 aliphatic heterocycles. The first kappa shape index (κ1) is 20.6. The Morgan fingerprint density at radius 1 is 0.486 bits per heavy atom. The second kappa shape index (κ2) is 7.95. The highest BCUT2D eigenvalue weighted by molar-refractivity contribution is 7.26. The van der Waals surface area contributed by atoms with Crippen molar-refractivity contribution in [2.75, 3.05) is 4.90 Å². The maximum absolute atomic E-state index is 6.14. The van der Waals surface area contributed by atoms with Crippen molar-refractivity contribution in [1.29, 1.82) is 0 Å². The summed E-state index contributed by atoms with van der Waals surface area (Å²) in [7, 11) is 0. The lowest BCUT2D eigenvalue weighted by Gasteiger charge is -2.26. The van der Waals surface area contributed by atoms with Gasteiger partial charge in [0.05, 0.1) is 10.4 Å². The molecule has 0 fully saturated rings. The Morgan fingerprint density at radius 2 is 1.27 bits per heavy atom. The van der Waals surface area contributed by atoms with Gasteiger partial charge in [-0.05, 0) is 65.4 Å². The van der Waals surface area contributed by atoms with Gasteiger partial charge in [0.15, 0.2) is 0 Å². The highest BCUT2D eigenvalue weighted by atomic mass is 32.1. The fraction of sp³-hybridized carbons (Fsp3) is 0. The summed E-state index contributed by atoms with van der Waals surface area (Å²) in [6.07, 6.45) is 0. The number of anilines is 3. The van der Waals surface area contributed by atoms with Crippen LogP contribution in [0.1, 0.15) is 0 Å². The van der Waals surface area contributed by atoms with E-state index in [1.807, 2.05) is 23.5 Å². The zero-order valence-corrected chi connectivity index (χ0v) is 20.7. The van der Waals surface area contributed by atoms with Crippen molar-refractivity contribution in [3.05, 3.63) is 127 Å². The molecule has 0 atom stereocenters. The molecule has 0 amide bonds. The summed E-state index contributed by atoms with van der Waals surface area (Å²) in [6.45, 7) is 0. The van der Waals surface area contributed by atoms with Crippen LogP contribution < -0.4 is 4.90 Å².